The lowest BCUT2D eigenvalue weighted by molar-refractivity contribution is 0.523. The molecule has 1 heterocycles. The zero-order chi connectivity index (χ0) is 14.3. The van der Waals surface area contributed by atoms with Crippen LogP contribution in [0.3, 0.4) is 0 Å². The van der Waals surface area contributed by atoms with Crippen LogP contribution in [0.15, 0.2) is 46.9 Å². The summed E-state index contributed by atoms with van der Waals surface area (Å²) >= 11 is 12.0. The average Bonchev–Trinajstić information content (AvgIpc) is 2.86. The number of para-hydroxylation sites is 1. The number of benzene rings is 2. The van der Waals surface area contributed by atoms with Crippen molar-refractivity contribution in [3.05, 3.63) is 69.4 Å². The number of halogens is 2. The van der Waals surface area contributed by atoms with Gasteiger partial charge in [0.1, 0.15) is 11.3 Å². The molecule has 0 aliphatic heterocycles. The van der Waals surface area contributed by atoms with Gasteiger partial charge < -0.3 is 10.2 Å². The highest BCUT2D eigenvalue weighted by Gasteiger charge is 2.16. The normalized spacial score (nSPS) is 12.8. The van der Waals surface area contributed by atoms with Crippen LogP contribution < -0.4 is 5.73 Å². The summed E-state index contributed by atoms with van der Waals surface area (Å²) in [6.07, 6.45) is 0. The number of fused-ring (bicyclic) bond motifs is 1. The van der Waals surface area contributed by atoms with Gasteiger partial charge >= 0.3 is 0 Å². The molecule has 2 N–H and O–H groups in total. The first-order valence-electron chi connectivity index (χ1n) is 6.26. The lowest BCUT2D eigenvalue weighted by Crippen LogP contribution is -2.10. The Balaban J connectivity index is 2.05. The van der Waals surface area contributed by atoms with Crippen LogP contribution in [0.25, 0.3) is 11.0 Å². The minimum Gasteiger partial charge on any atom is -0.459 e. The molecular weight excluding hydrogens is 293 g/mol. The molecule has 1 aromatic heterocycles. The van der Waals surface area contributed by atoms with E-state index in [1.165, 1.54) is 0 Å². The van der Waals surface area contributed by atoms with Crippen molar-refractivity contribution >= 4 is 34.2 Å². The van der Waals surface area contributed by atoms with Gasteiger partial charge in [-0.25, -0.2) is 0 Å². The van der Waals surface area contributed by atoms with Crippen LogP contribution >= 0.6 is 23.2 Å². The molecule has 1 unspecified atom stereocenters. The van der Waals surface area contributed by atoms with Gasteiger partial charge in [-0.05, 0) is 36.2 Å². The van der Waals surface area contributed by atoms with Gasteiger partial charge in [0.05, 0.1) is 16.1 Å². The molecule has 0 aliphatic rings. The zero-order valence-electron chi connectivity index (χ0n) is 10.9. The number of hydrogen-bond acceptors (Lipinski definition) is 2. The first-order chi connectivity index (χ1) is 9.56. The second-order valence-corrected chi connectivity index (χ2v) is 5.61. The van der Waals surface area contributed by atoms with E-state index in [1.807, 2.05) is 37.3 Å². The molecule has 102 valence electrons. The molecule has 0 amide bonds. The smallest absolute Gasteiger partial charge is 0.137 e. The van der Waals surface area contributed by atoms with Crippen LogP contribution in [0.1, 0.15) is 22.9 Å². The van der Waals surface area contributed by atoms with Gasteiger partial charge in [-0.1, -0.05) is 47.5 Å². The van der Waals surface area contributed by atoms with Gasteiger partial charge in [-0.2, -0.15) is 0 Å². The summed E-state index contributed by atoms with van der Waals surface area (Å²) in [7, 11) is 0. The summed E-state index contributed by atoms with van der Waals surface area (Å²) < 4.78 is 5.88. The van der Waals surface area contributed by atoms with E-state index in [0.29, 0.717) is 15.8 Å². The number of furan rings is 1. The molecule has 0 aliphatic carbocycles. The molecule has 0 fully saturated rings. The summed E-state index contributed by atoms with van der Waals surface area (Å²) in [6, 6.07) is 13.0. The maximum atomic E-state index is 6.25. The van der Waals surface area contributed by atoms with Crippen LogP contribution in [-0.2, 0) is 0 Å². The summed E-state index contributed by atoms with van der Waals surface area (Å²) in [5.74, 6) is 0.715. The Morgan fingerprint density at radius 3 is 2.55 bits per heavy atom. The second-order valence-electron chi connectivity index (χ2n) is 4.79. The lowest BCUT2D eigenvalue weighted by Gasteiger charge is -2.10. The molecule has 0 saturated heterocycles. The Morgan fingerprint density at radius 1 is 1.05 bits per heavy atom. The standard InChI is InChI=1S/C16H13Cl2NO/c1-9-3-2-4-11-8-14(20-16(9)11)15(19)10-5-6-12(17)13(18)7-10/h2-8,15H,19H2,1H3. The van der Waals surface area contributed by atoms with Crippen molar-refractivity contribution < 1.29 is 4.42 Å². The highest BCUT2D eigenvalue weighted by atomic mass is 35.5. The molecule has 0 spiro atoms. The van der Waals surface area contributed by atoms with E-state index in [4.69, 9.17) is 33.4 Å². The molecule has 0 saturated carbocycles. The first kappa shape index (κ1) is 13.5. The van der Waals surface area contributed by atoms with E-state index >= 15 is 0 Å². The monoisotopic (exact) mass is 305 g/mol. The molecule has 20 heavy (non-hydrogen) atoms. The molecule has 3 aromatic rings. The first-order valence-corrected chi connectivity index (χ1v) is 7.01. The molecule has 0 bridgehead atoms. The maximum Gasteiger partial charge on any atom is 0.137 e. The van der Waals surface area contributed by atoms with Crippen molar-refractivity contribution in [1.82, 2.24) is 0 Å². The predicted octanol–water partition coefficient (Wildman–Crippen LogP) is 5.10. The van der Waals surface area contributed by atoms with Gasteiger partial charge in [0.2, 0.25) is 0 Å². The molecule has 1 atom stereocenters. The Morgan fingerprint density at radius 2 is 1.85 bits per heavy atom. The van der Waals surface area contributed by atoms with Crippen molar-refractivity contribution in [2.45, 2.75) is 13.0 Å². The quantitative estimate of drug-likeness (QED) is 0.715. The average molecular weight is 306 g/mol. The third kappa shape index (κ3) is 2.31. The number of nitrogens with two attached hydrogens (primary N) is 1. The van der Waals surface area contributed by atoms with E-state index in [-0.39, 0.29) is 6.04 Å². The molecule has 3 rings (SSSR count). The van der Waals surface area contributed by atoms with Crippen molar-refractivity contribution in [1.29, 1.82) is 0 Å². The van der Waals surface area contributed by atoms with Crippen LogP contribution in [0.4, 0.5) is 0 Å². The summed E-state index contributed by atoms with van der Waals surface area (Å²) in [5, 5.41) is 2.06. The SMILES string of the molecule is Cc1cccc2cc(C(N)c3ccc(Cl)c(Cl)c3)oc12. The van der Waals surface area contributed by atoms with Gasteiger partial charge in [-0.15, -0.1) is 0 Å². The van der Waals surface area contributed by atoms with Crippen molar-refractivity contribution in [3.63, 3.8) is 0 Å². The van der Waals surface area contributed by atoms with Gasteiger partial charge in [0.25, 0.3) is 0 Å². The molecular formula is C16H13Cl2NO. The van der Waals surface area contributed by atoms with E-state index in [9.17, 15) is 0 Å². The molecule has 0 radical (unpaired) electrons. The largest absolute Gasteiger partial charge is 0.459 e. The van der Waals surface area contributed by atoms with Crippen LogP contribution in [0.2, 0.25) is 10.0 Å². The van der Waals surface area contributed by atoms with Crippen molar-refractivity contribution in [2.75, 3.05) is 0 Å². The fourth-order valence-electron chi connectivity index (χ4n) is 2.25. The molecule has 2 nitrogen and oxygen atoms in total. The Kier molecular flexibility index (Phi) is 3.47. The number of aryl methyl sites for hydroxylation is 1. The topological polar surface area (TPSA) is 39.2 Å². The van der Waals surface area contributed by atoms with Crippen LogP contribution in [0.5, 0.6) is 0 Å². The lowest BCUT2D eigenvalue weighted by atomic mass is 10.1. The van der Waals surface area contributed by atoms with Gasteiger partial charge in [0, 0.05) is 5.39 Å². The van der Waals surface area contributed by atoms with E-state index in [0.717, 1.165) is 22.1 Å². The summed E-state index contributed by atoms with van der Waals surface area (Å²) in [4.78, 5) is 0. The molecule has 2 aromatic carbocycles. The van der Waals surface area contributed by atoms with E-state index in [2.05, 4.69) is 0 Å². The summed E-state index contributed by atoms with van der Waals surface area (Å²) in [6.45, 7) is 2.01. The highest BCUT2D eigenvalue weighted by molar-refractivity contribution is 6.42. The van der Waals surface area contributed by atoms with Crippen LogP contribution in [-0.4, -0.2) is 0 Å². The van der Waals surface area contributed by atoms with Gasteiger partial charge in [0.15, 0.2) is 0 Å². The fraction of sp³-hybridized carbons (Fsp3) is 0.125. The van der Waals surface area contributed by atoms with Crippen LogP contribution in [0, 0.1) is 6.92 Å². The Hall–Kier alpha value is -1.48. The zero-order valence-corrected chi connectivity index (χ0v) is 12.4. The minimum absolute atomic E-state index is 0.364. The van der Waals surface area contributed by atoms with Gasteiger partial charge in [-0.3, -0.25) is 0 Å². The third-order valence-electron chi connectivity index (χ3n) is 3.37. The predicted molar refractivity (Wildman–Crippen MR) is 83.4 cm³/mol. The fourth-order valence-corrected chi connectivity index (χ4v) is 2.56. The van der Waals surface area contributed by atoms with Crippen molar-refractivity contribution in [2.24, 2.45) is 5.73 Å². The maximum absolute atomic E-state index is 6.25. The third-order valence-corrected chi connectivity index (χ3v) is 4.11. The number of rotatable bonds is 2. The minimum atomic E-state index is -0.364. The second kappa shape index (κ2) is 5.13. The Bertz CT molecular complexity index is 779. The molecule has 4 heteroatoms. The summed E-state index contributed by atoms with van der Waals surface area (Å²) in [5.41, 5.74) is 9.09. The van der Waals surface area contributed by atoms with E-state index in [1.54, 1.807) is 12.1 Å². The van der Waals surface area contributed by atoms with E-state index < -0.39 is 0 Å². The number of hydrogen-bond donors (Lipinski definition) is 1. The highest BCUT2D eigenvalue weighted by Crippen LogP contribution is 2.31. The Labute approximate surface area is 127 Å². The van der Waals surface area contributed by atoms with Crippen molar-refractivity contribution in [3.8, 4) is 0 Å².